The first-order chi connectivity index (χ1) is 15.6. The molecule has 7 nitrogen and oxygen atoms in total. The van der Waals surface area contributed by atoms with Crippen LogP contribution in [0, 0.1) is 6.92 Å². The number of aromatic nitrogens is 2. The Hall–Kier alpha value is -3.48. The average molecular weight is 437 g/mol. The van der Waals surface area contributed by atoms with E-state index in [-0.39, 0.29) is 6.03 Å². The zero-order valence-electron chi connectivity index (χ0n) is 19.1. The number of anilines is 1. The lowest BCUT2D eigenvalue weighted by Crippen LogP contribution is -2.30. The van der Waals surface area contributed by atoms with E-state index in [1.807, 2.05) is 61.9 Å². The number of hydrogen-bond donors (Lipinski definition) is 2. The summed E-state index contributed by atoms with van der Waals surface area (Å²) in [5.41, 5.74) is 3.65. The van der Waals surface area contributed by atoms with Crippen molar-refractivity contribution in [2.75, 3.05) is 25.6 Å². The van der Waals surface area contributed by atoms with Crippen molar-refractivity contribution in [2.24, 2.45) is 0 Å². The third-order valence-corrected chi connectivity index (χ3v) is 5.13. The van der Waals surface area contributed by atoms with Crippen LogP contribution in [0.15, 0.2) is 55.0 Å². The number of urea groups is 1. The van der Waals surface area contributed by atoms with Crippen LogP contribution in [0.4, 0.5) is 10.5 Å². The molecular weight excluding hydrogens is 404 g/mol. The van der Waals surface area contributed by atoms with Crippen molar-refractivity contribution in [3.8, 4) is 22.8 Å². The third-order valence-electron chi connectivity index (χ3n) is 5.13. The van der Waals surface area contributed by atoms with Crippen molar-refractivity contribution < 1.29 is 14.3 Å². The number of rotatable bonds is 11. The van der Waals surface area contributed by atoms with Gasteiger partial charge in [-0.2, -0.15) is 0 Å². The zero-order valence-corrected chi connectivity index (χ0v) is 19.1. The van der Waals surface area contributed by atoms with Gasteiger partial charge in [0.05, 0.1) is 31.4 Å². The fraction of sp³-hybridized carbons (Fsp3) is 0.360. The summed E-state index contributed by atoms with van der Waals surface area (Å²) in [6.45, 7) is 6.03. The van der Waals surface area contributed by atoms with Gasteiger partial charge in [-0.25, -0.2) is 9.78 Å². The monoisotopic (exact) mass is 436 g/mol. The summed E-state index contributed by atoms with van der Waals surface area (Å²) in [4.78, 5) is 16.7. The van der Waals surface area contributed by atoms with Crippen LogP contribution in [-0.4, -0.2) is 35.8 Å². The molecule has 0 unspecified atom stereocenters. The number of aryl methyl sites for hydroxylation is 2. The fourth-order valence-electron chi connectivity index (χ4n) is 3.28. The highest BCUT2D eigenvalue weighted by atomic mass is 16.5. The minimum absolute atomic E-state index is 0.206. The van der Waals surface area contributed by atoms with Gasteiger partial charge >= 0.3 is 6.03 Å². The van der Waals surface area contributed by atoms with Crippen molar-refractivity contribution >= 4 is 11.7 Å². The highest BCUT2D eigenvalue weighted by Gasteiger charge is 2.10. The smallest absolute Gasteiger partial charge is 0.319 e. The number of unbranched alkanes of at least 4 members (excludes halogenated alkanes) is 1. The molecule has 0 atom stereocenters. The summed E-state index contributed by atoms with van der Waals surface area (Å²) in [7, 11) is 1.66. The maximum atomic E-state index is 12.2. The molecule has 2 amide bonds. The van der Waals surface area contributed by atoms with Crippen molar-refractivity contribution in [1.82, 2.24) is 14.9 Å². The van der Waals surface area contributed by atoms with E-state index >= 15 is 0 Å². The molecule has 32 heavy (non-hydrogen) atoms. The molecule has 0 aliphatic carbocycles. The van der Waals surface area contributed by atoms with E-state index in [2.05, 4.69) is 27.1 Å². The number of methoxy groups -OCH3 is 1. The van der Waals surface area contributed by atoms with Crippen LogP contribution in [0.25, 0.3) is 11.3 Å². The van der Waals surface area contributed by atoms with Gasteiger partial charge in [0, 0.05) is 24.8 Å². The minimum atomic E-state index is -0.206. The van der Waals surface area contributed by atoms with E-state index in [0.29, 0.717) is 24.6 Å². The summed E-state index contributed by atoms with van der Waals surface area (Å²) in [5, 5.41) is 5.80. The Kier molecular flexibility index (Phi) is 8.54. The number of para-hydroxylation sites is 1. The number of carbonyl (C=O) groups is 1. The van der Waals surface area contributed by atoms with E-state index in [1.165, 1.54) is 0 Å². The van der Waals surface area contributed by atoms with Gasteiger partial charge in [-0.05, 0) is 55.7 Å². The lowest BCUT2D eigenvalue weighted by molar-refractivity contribution is 0.251. The Morgan fingerprint density at radius 3 is 2.69 bits per heavy atom. The first-order valence-corrected chi connectivity index (χ1v) is 11.0. The van der Waals surface area contributed by atoms with Crippen LogP contribution < -0.4 is 20.1 Å². The third kappa shape index (κ3) is 6.51. The predicted octanol–water partition coefficient (Wildman–Crippen LogP) is 5.26. The quantitative estimate of drug-likeness (QED) is 0.402. The highest BCUT2D eigenvalue weighted by molar-refractivity contribution is 5.91. The van der Waals surface area contributed by atoms with Crippen molar-refractivity contribution in [3.63, 3.8) is 0 Å². The average Bonchev–Trinajstić information content (AvgIpc) is 3.28. The molecule has 2 aromatic carbocycles. The van der Waals surface area contributed by atoms with Gasteiger partial charge in [-0.1, -0.05) is 25.5 Å². The van der Waals surface area contributed by atoms with E-state index < -0.39 is 0 Å². The molecule has 0 spiro atoms. The van der Waals surface area contributed by atoms with Gasteiger partial charge in [-0.3, -0.25) is 0 Å². The molecule has 1 heterocycles. The standard InChI is InChI=1S/C25H32N4O3/c1-4-5-14-26-25(30)28-24-19(2)8-6-9-23(24)32-16-7-15-29-17-22(27-18-29)20-10-12-21(31-3)13-11-20/h6,8-13,17-18H,4-5,7,14-16H2,1-3H3,(H2,26,28,30). The molecule has 3 rings (SSSR count). The second-order valence-electron chi connectivity index (χ2n) is 7.61. The van der Waals surface area contributed by atoms with Crippen molar-refractivity contribution in [1.29, 1.82) is 0 Å². The highest BCUT2D eigenvalue weighted by Crippen LogP contribution is 2.28. The molecule has 0 aliphatic heterocycles. The number of imidazole rings is 1. The molecule has 3 aromatic rings. The van der Waals surface area contributed by atoms with E-state index in [0.717, 1.165) is 48.4 Å². The first kappa shape index (κ1) is 23.2. The molecular formula is C25H32N4O3. The Morgan fingerprint density at radius 1 is 1.12 bits per heavy atom. The Morgan fingerprint density at radius 2 is 1.94 bits per heavy atom. The summed E-state index contributed by atoms with van der Waals surface area (Å²) in [5.74, 6) is 1.51. The van der Waals surface area contributed by atoms with Gasteiger partial charge < -0.3 is 24.7 Å². The second kappa shape index (κ2) is 11.8. The number of carbonyl (C=O) groups excluding carboxylic acids is 1. The van der Waals surface area contributed by atoms with Crippen LogP contribution in [0.5, 0.6) is 11.5 Å². The van der Waals surface area contributed by atoms with Gasteiger partial charge in [0.25, 0.3) is 0 Å². The van der Waals surface area contributed by atoms with Crippen molar-refractivity contribution in [3.05, 3.63) is 60.6 Å². The van der Waals surface area contributed by atoms with Gasteiger partial charge in [0.2, 0.25) is 0 Å². The Balaban J connectivity index is 1.51. The number of hydrogen-bond acceptors (Lipinski definition) is 4. The molecule has 0 saturated carbocycles. The van der Waals surface area contributed by atoms with Crippen LogP contribution in [-0.2, 0) is 6.54 Å². The molecule has 0 aliphatic rings. The molecule has 170 valence electrons. The number of ether oxygens (including phenoxy) is 2. The lowest BCUT2D eigenvalue weighted by atomic mass is 10.2. The molecule has 0 radical (unpaired) electrons. The molecule has 0 saturated heterocycles. The molecule has 0 bridgehead atoms. The largest absolute Gasteiger partial charge is 0.497 e. The maximum Gasteiger partial charge on any atom is 0.319 e. The summed E-state index contributed by atoms with van der Waals surface area (Å²) in [6, 6.07) is 13.4. The second-order valence-corrected chi connectivity index (χ2v) is 7.61. The lowest BCUT2D eigenvalue weighted by Gasteiger charge is -2.15. The normalized spacial score (nSPS) is 10.6. The Labute approximate surface area is 189 Å². The SMILES string of the molecule is CCCCNC(=O)Nc1c(C)cccc1OCCCn1cnc(-c2ccc(OC)cc2)c1. The number of nitrogens with zero attached hydrogens (tertiary/aromatic N) is 2. The molecule has 7 heteroatoms. The molecule has 0 fully saturated rings. The first-order valence-electron chi connectivity index (χ1n) is 11.0. The number of amides is 2. The Bertz CT molecular complexity index is 999. The van der Waals surface area contributed by atoms with Gasteiger partial charge in [-0.15, -0.1) is 0 Å². The molecule has 1 aromatic heterocycles. The van der Waals surface area contributed by atoms with Crippen LogP contribution in [0.1, 0.15) is 31.7 Å². The van der Waals surface area contributed by atoms with Crippen LogP contribution >= 0.6 is 0 Å². The van der Waals surface area contributed by atoms with Crippen LogP contribution in [0.3, 0.4) is 0 Å². The van der Waals surface area contributed by atoms with E-state index in [9.17, 15) is 4.79 Å². The van der Waals surface area contributed by atoms with Gasteiger partial charge in [0.15, 0.2) is 0 Å². The van der Waals surface area contributed by atoms with E-state index in [4.69, 9.17) is 9.47 Å². The molecule has 2 N–H and O–H groups in total. The number of nitrogens with one attached hydrogen (secondary N) is 2. The van der Waals surface area contributed by atoms with Gasteiger partial charge in [0.1, 0.15) is 11.5 Å². The number of benzene rings is 2. The summed E-state index contributed by atoms with van der Waals surface area (Å²) in [6.07, 6.45) is 6.67. The zero-order chi connectivity index (χ0) is 22.8. The fourth-order valence-corrected chi connectivity index (χ4v) is 3.28. The van der Waals surface area contributed by atoms with E-state index in [1.54, 1.807) is 7.11 Å². The minimum Gasteiger partial charge on any atom is -0.497 e. The van der Waals surface area contributed by atoms with Crippen LogP contribution in [0.2, 0.25) is 0 Å². The topological polar surface area (TPSA) is 77.4 Å². The maximum absolute atomic E-state index is 12.2. The predicted molar refractivity (Wildman–Crippen MR) is 127 cm³/mol. The summed E-state index contributed by atoms with van der Waals surface area (Å²) >= 11 is 0. The van der Waals surface area contributed by atoms with Crippen molar-refractivity contribution in [2.45, 2.75) is 39.7 Å². The summed E-state index contributed by atoms with van der Waals surface area (Å²) < 4.78 is 13.3.